The number of hydrogen-bond donors (Lipinski definition) is 0. The lowest BCUT2D eigenvalue weighted by atomic mass is 9.89. The van der Waals surface area contributed by atoms with Crippen LogP contribution in [0.1, 0.15) is 32.1 Å². The van der Waals surface area contributed by atoms with Gasteiger partial charge in [0.1, 0.15) is 0 Å². The van der Waals surface area contributed by atoms with Crippen molar-refractivity contribution in [2.24, 2.45) is 0 Å². The predicted molar refractivity (Wildman–Crippen MR) is 43.6 cm³/mol. The molecular weight excluding hydrogens is 160 g/mol. The van der Waals surface area contributed by atoms with Crippen molar-refractivity contribution in [3.05, 3.63) is 0 Å². The second-order valence-electron chi connectivity index (χ2n) is 2.93. The quantitative estimate of drug-likeness (QED) is 0.439. The summed E-state index contributed by atoms with van der Waals surface area (Å²) >= 11 is -2.10. The minimum atomic E-state index is -2.10. The van der Waals surface area contributed by atoms with Crippen LogP contribution in [-0.2, 0) is 11.1 Å². The summed E-state index contributed by atoms with van der Waals surface area (Å²) in [5.41, 5.74) is 0. The van der Waals surface area contributed by atoms with Crippen LogP contribution in [0.5, 0.6) is 0 Å². The van der Waals surface area contributed by atoms with E-state index < -0.39 is 15.8 Å². The van der Waals surface area contributed by atoms with Gasteiger partial charge in [0.25, 0.3) is 0 Å². The smallest absolute Gasteiger partial charge is 0.0928 e. The monoisotopic (exact) mass is 171 g/mol. The SMILES string of the molecule is C#CC1(S(=O)[O-])CCCCC1. The van der Waals surface area contributed by atoms with E-state index in [1.807, 2.05) is 0 Å². The van der Waals surface area contributed by atoms with Crippen molar-refractivity contribution in [1.29, 1.82) is 0 Å². The third kappa shape index (κ3) is 1.63. The standard InChI is InChI=1S/C8H12O2S/c1-2-8(11(9)10)6-4-3-5-7-8/h1H,3-7H2,(H,9,10)/p-1. The zero-order valence-corrected chi connectivity index (χ0v) is 7.15. The molecule has 0 aromatic rings. The molecule has 1 aliphatic rings. The highest BCUT2D eigenvalue weighted by Gasteiger charge is 2.30. The first-order valence-electron chi connectivity index (χ1n) is 3.78. The Morgan fingerprint density at radius 2 is 1.91 bits per heavy atom. The summed E-state index contributed by atoms with van der Waals surface area (Å²) in [7, 11) is 0. The van der Waals surface area contributed by atoms with Gasteiger partial charge in [-0.15, -0.1) is 6.42 Å². The van der Waals surface area contributed by atoms with E-state index in [2.05, 4.69) is 5.92 Å². The Labute approximate surface area is 69.7 Å². The van der Waals surface area contributed by atoms with Gasteiger partial charge in [-0.05, 0) is 23.9 Å². The molecule has 11 heavy (non-hydrogen) atoms. The lowest BCUT2D eigenvalue weighted by Gasteiger charge is -2.34. The number of hydrogen-bond acceptors (Lipinski definition) is 2. The minimum absolute atomic E-state index is 0.639. The molecule has 1 saturated carbocycles. The van der Waals surface area contributed by atoms with E-state index in [9.17, 15) is 8.76 Å². The lowest BCUT2D eigenvalue weighted by molar-refractivity contribution is 0.416. The minimum Gasteiger partial charge on any atom is -0.771 e. The molecule has 0 radical (unpaired) electrons. The molecule has 1 aliphatic carbocycles. The topological polar surface area (TPSA) is 40.1 Å². The van der Waals surface area contributed by atoms with Crippen LogP contribution in [0.4, 0.5) is 0 Å². The molecule has 0 aromatic carbocycles. The van der Waals surface area contributed by atoms with Gasteiger partial charge in [-0.25, -0.2) is 0 Å². The molecular formula is C8H11O2S-. The maximum atomic E-state index is 10.8. The Kier molecular flexibility index (Phi) is 2.69. The fourth-order valence-electron chi connectivity index (χ4n) is 1.48. The Bertz CT molecular complexity index is 199. The van der Waals surface area contributed by atoms with E-state index in [1.165, 1.54) is 0 Å². The van der Waals surface area contributed by atoms with Crippen LogP contribution in [0.3, 0.4) is 0 Å². The summed E-state index contributed by atoms with van der Waals surface area (Å²) < 4.78 is 20.7. The third-order valence-electron chi connectivity index (χ3n) is 2.24. The first kappa shape index (κ1) is 8.76. The fraction of sp³-hybridized carbons (Fsp3) is 0.750. The summed E-state index contributed by atoms with van der Waals surface area (Å²) in [6.07, 6.45) is 9.47. The molecule has 0 spiro atoms. The first-order valence-corrected chi connectivity index (χ1v) is 4.86. The normalized spacial score (nSPS) is 25.5. The van der Waals surface area contributed by atoms with Gasteiger partial charge in [0.2, 0.25) is 0 Å². The van der Waals surface area contributed by atoms with Crippen LogP contribution in [0.15, 0.2) is 0 Å². The largest absolute Gasteiger partial charge is 0.771 e. The van der Waals surface area contributed by atoms with Crippen LogP contribution in [0, 0.1) is 12.3 Å². The Morgan fingerprint density at radius 3 is 2.18 bits per heavy atom. The molecule has 1 rings (SSSR count). The lowest BCUT2D eigenvalue weighted by Crippen LogP contribution is -2.34. The van der Waals surface area contributed by atoms with E-state index in [1.54, 1.807) is 0 Å². The van der Waals surface area contributed by atoms with Gasteiger partial charge in [-0.3, -0.25) is 4.21 Å². The van der Waals surface area contributed by atoms with Crippen molar-refractivity contribution in [3.63, 3.8) is 0 Å². The molecule has 0 aromatic heterocycles. The third-order valence-corrected chi connectivity index (χ3v) is 3.41. The van der Waals surface area contributed by atoms with Gasteiger partial charge in [-0.1, -0.05) is 25.2 Å². The maximum Gasteiger partial charge on any atom is 0.0928 e. The summed E-state index contributed by atoms with van der Waals surface area (Å²) in [5, 5.41) is 0. The zero-order chi connectivity index (χ0) is 8.32. The molecule has 0 bridgehead atoms. The average molecular weight is 171 g/mol. The van der Waals surface area contributed by atoms with Gasteiger partial charge >= 0.3 is 0 Å². The fourth-order valence-corrected chi connectivity index (χ4v) is 2.20. The van der Waals surface area contributed by atoms with Crippen LogP contribution < -0.4 is 0 Å². The second-order valence-corrected chi connectivity index (χ2v) is 4.18. The molecule has 62 valence electrons. The zero-order valence-electron chi connectivity index (χ0n) is 6.34. The molecule has 1 unspecified atom stereocenters. The molecule has 0 saturated heterocycles. The first-order chi connectivity index (χ1) is 5.21. The van der Waals surface area contributed by atoms with E-state index in [4.69, 9.17) is 6.42 Å². The maximum absolute atomic E-state index is 10.8. The Morgan fingerprint density at radius 1 is 1.36 bits per heavy atom. The highest BCUT2D eigenvalue weighted by atomic mass is 32.2. The van der Waals surface area contributed by atoms with Gasteiger partial charge in [0, 0.05) is 0 Å². The van der Waals surface area contributed by atoms with Gasteiger partial charge in [0.05, 0.1) is 4.75 Å². The van der Waals surface area contributed by atoms with Crippen molar-refractivity contribution in [2.45, 2.75) is 36.9 Å². The van der Waals surface area contributed by atoms with Crippen LogP contribution in [-0.4, -0.2) is 13.5 Å². The van der Waals surface area contributed by atoms with Gasteiger partial charge in [-0.2, -0.15) is 0 Å². The molecule has 1 fully saturated rings. The summed E-state index contributed by atoms with van der Waals surface area (Å²) in [6.45, 7) is 0. The van der Waals surface area contributed by atoms with E-state index in [0.29, 0.717) is 12.8 Å². The highest BCUT2D eigenvalue weighted by Crippen LogP contribution is 2.31. The predicted octanol–water partition coefficient (Wildman–Crippen LogP) is 1.20. The molecule has 0 aliphatic heterocycles. The van der Waals surface area contributed by atoms with Crippen molar-refractivity contribution < 1.29 is 8.76 Å². The summed E-state index contributed by atoms with van der Waals surface area (Å²) in [4.78, 5) is 0. The Hall–Kier alpha value is -0.330. The molecule has 0 amide bonds. The van der Waals surface area contributed by atoms with Gasteiger partial charge < -0.3 is 4.55 Å². The van der Waals surface area contributed by atoms with Crippen molar-refractivity contribution in [1.82, 2.24) is 0 Å². The molecule has 2 nitrogen and oxygen atoms in total. The van der Waals surface area contributed by atoms with E-state index in [0.717, 1.165) is 19.3 Å². The molecule has 3 heteroatoms. The molecule has 0 N–H and O–H groups in total. The molecule has 0 heterocycles. The Balaban J connectivity index is 2.75. The van der Waals surface area contributed by atoms with Crippen LogP contribution >= 0.6 is 0 Å². The highest BCUT2D eigenvalue weighted by molar-refractivity contribution is 7.81. The average Bonchev–Trinajstić information content (AvgIpc) is 2.05. The number of terminal acetylenes is 1. The van der Waals surface area contributed by atoms with Crippen molar-refractivity contribution >= 4 is 11.1 Å². The number of rotatable bonds is 1. The van der Waals surface area contributed by atoms with Crippen molar-refractivity contribution in [3.8, 4) is 12.3 Å². The summed E-state index contributed by atoms with van der Waals surface area (Å²) in [5.74, 6) is 2.40. The van der Waals surface area contributed by atoms with Crippen LogP contribution in [0.25, 0.3) is 0 Å². The van der Waals surface area contributed by atoms with E-state index >= 15 is 0 Å². The second kappa shape index (κ2) is 3.38. The van der Waals surface area contributed by atoms with E-state index in [-0.39, 0.29) is 0 Å². The molecule has 1 atom stereocenters. The van der Waals surface area contributed by atoms with Crippen molar-refractivity contribution in [2.75, 3.05) is 0 Å². The summed E-state index contributed by atoms with van der Waals surface area (Å²) in [6, 6.07) is 0. The van der Waals surface area contributed by atoms with Gasteiger partial charge in [0.15, 0.2) is 0 Å². The van der Waals surface area contributed by atoms with Crippen LogP contribution in [0.2, 0.25) is 0 Å².